The molecule has 0 unspecified atom stereocenters. The number of nitrogens with zero attached hydrogens (tertiary/aromatic N) is 1. The van der Waals surface area contributed by atoms with E-state index in [1.165, 1.54) is 16.9 Å². The van der Waals surface area contributed by atoms with Crippen LogP contribution in [-0.2, 0) is 6.54 Å². The summed E-state index contributed by atoms with van der Waals surface area (Å²) in [5.74, 6) is 5.76. The Hall–Kier alpha value is -2.09. The standard InChI is InChI=1S/C17H18N2OS/c1-13-6-3-4-7-14(13)11-19(2)17(20)15-10-16(21-12-15)8-5-9-18/h3-4,6-7,10,12H,9,11,18H2,1-2H3. The molecule has 0 aliphatic carbocycles. The average Bonchev–Trinajstić information content (AvgIpc) is 2.95. The van der Waals surface area contributed by atoms with Crippen molar-refractivity contribution in [3.8, 4) is 11.8 Å². The zero-order valence-corrected chi connectivity index (χ0v) is 13.0. The minimum absolute atomic E-state index is 0.00954. The third kappa shape index (κ3) is 3.94. The van der Waals surface area contributed by atoms with Crippen molar-refractivity contribution in [3.05, 3.63) is 57.3 Å². The molecule has 2 rings (SSSR count). The first-order chi connectivity index (χ1) is 10.1. The van der Waals surface area contributed by atoms with Gasteiger partial charge in [-0.3, -0.25) is 4.79 Å². The van der Waals surface area contributed by atoms with Crippen LogP contribution in [0.25, 0.3) is 0 Å². The molecule has 0 aliphatic heterocycles. The molecule has 0 saturated heterocycles. The maximum atomic E-state index is 12.4. The van der Waals surface area contributed by atoms with E-state index in [2.05, 4.69) is 24.8 Å². The van der Waals surface area contributed by atoms with Crippen LogP contribution in [0.1, 0.15) is 26.4 Å². The van der Waals surface area contributed by atoms with Crippen molar-refractivity contribution in [1.82, 2.24) is 4.90 Å². The number of carbonyl (C=O) groups is 1. The monoisotopic (exact) mass is 298 g/mol. The highest BCUT2D eigenvalue weighted by Crippen LogP contribution is 2.17. The molecule has 0 radical (unpaired) electrons. The number of hydrogen-bond donors (Lipinski definition) is 1. The first-order valence-corrected chi connectivity index (χ1v) is 7.57. The Morgan fingerprint density at radius 2 is 2.14 bits per heavy atom. The molecule has 1 aromatic heterocycles. The van der Waals surface area contributed by atoms with Crippen molar-refractivity contribution in [2.45, 2.75) is 13.5 Å². The Morgan fingerprint density at radius 3 is 2.86 bits per heavy atom. The fraction of sp³-hybridized carbons (Fsp3) is 0.235. The van der Waals surface area contributed by atoms with E-state index in [1.54, 1.807) is 4.90 Å². The summed E-state index contributed by atoms with van der Waals surface area (Å²) in [6.07, 6.45) is 0. The maximum absolute atomic E-state index is 12.4. The molecule has 108 valence electrons. The van der Waals surface area contributed by atoms with Crippen molar-refractivity contribution >= 4 is 17.2 Å². The van der Waals surface area contributed by atoms with Gasteiger partial charge in [0.2, 0.25) is 0 Å². The second kappa shape index (κ2) is 7.07. The molecule has 4 heteroatoms. The highest BCUT2D eigenvalue weighted by Gasteiger charge is 2.14. The zero-order valence-electron chi connectivity index (χ0n) is 12.2. The van der Waals surface area contributed by atoms with Gasteiger partial charge in [-0.2, -0.15) is 0 Å². The van der Waals surface area contributed by atoms with Crippen LogP contribution in [-0.4, -0.2) is 24.4 Å². The van der Waals surface area contributed by atoms with Crippen LogP contribution in [0.15, 0.2) is 35.7 Å². The Kier molecular flexibility index (Phi) is 5.15. The predicted molar refractivity (Wildman–Crippen MR) is 87.2 cm³/mol. The van der Waals surface area contributed by atoms with Crippen LogP contribution < -0.4 is 5.73 Å². The fourth-order valence-electron chi connectivity index (χ4n) is 1.99. The van der Waals surface area contributed by atoms with E-state index in [4.69, 9.17) is 5.73 Å². The van der Waals surface area contributed by atoms with Crippen molar-refractivity contribution in [2.75, 3.05) is 13.6 Å². The van der Waals surface area contributed by atoms with Gasteiger partial charge in [0.25, 0.3) is 5.91 Å². The number of nitrogens with two attached hydrogens (primary N) is 1. The summed E-state index contributed by atoms with van der Waals surface area (Å²) in [5.41, 5.74) is 8.38. The summed E-state index contributed by atoms with van der Waals surface area (Å²) in [6.45, 7) is 2.98. The van der Waals surface area contributed by atoms with Crippen LogP contribution in [0.4, 0.5) is 0 Å². The van der Waals surface area contributed by atoms with Gasteiger partial charge in [0.05, 0.1) is 17.0 Å². The molecule has 1 aromatic carbocycles. The van der Waals surface area contributed by atoms with Crippen LogP contribution in [0.2, 0.25) is 0 Å². The molecule has 3 nitrogen and oxygen atoms in total. The number of benzene rings is 1. The minimum Gasteiger partial charge on any atom is -0.337 e. The minimum atomic E-state index is 0.00954. The number of rotatable bonds is 3. The number of aryl methyl sites for hydroxylation is 1. The van der Waals surface area contributed by atoms with Crippen molar-refractivity contribution in [1.29, 1.82) is 0 Å². The van der Waals surface area contributed by atoms with Crippen molar-refractivity contribution in [3.63, 3.8) is 0 Å². The molecule has 2 aromatic rings. The largest absolute Gasteiger partial charge is 0.337 e. The summed E-state index contributed by atoms with van der Waals surface area (Å²) >= 11 is 1.47. The lowest BCUT2D eigenvalue weighted by Crippen LogP contribution is -2.26. The van der Waals surface area contributed by atoms with Gasteiger partial charge in [-0.15, -0.1) is 11.3 Å². The van der Waals surface area contributed by atoms with Crippen LogP contribution in [0, 0.1) is 18.8 Å². The van der Waals surface area contributed by atoms with E-state index in [9.17, 15) is 4.79 Å². The van der Waals surface area contributed by atoms with E-state index in [0.717, 1.165) is 10.4 Å². The van der Waals surface area contributed by atoms with Gasteiger partial charge in [0.15, 0.2) is 0 Å². The molecule has 1 amide bonds. The highest BCUT2D eigenvalue weighted by atomic mass is 32.1. The van der Waals surface area contributed by atoms with E-state index in [1.807, 2.05) is 36.7 Å². The Bertz CT molecular complexity index is 694. The molecule has 2 N–H and O–H groups in total. The molecular formula is C17H18N2OS. The van der Waals surface area contributed by atoms with Gasteiger partial charge in [0, 0.05) is 19.0 Å². The normalized spacial score (nSPS) is 9.86. The highest BCUT2D eigenvalue weighted by molar-refractivity contribution is 7.10. The molecule has 0 spiro atoms. The zero-order chi connectivity index (χ0) is 15.2. The topological polar surface area (TPSA) is 46.3 Å². The second-order valence-electron chi connectivity index (χ2n) is 4.79. The lowest BCUT2D eigenvalue weighted by molar-refractivity contribution is 0.0785. The van der Waals surface area contributed by atoms with Crippen LogP contribution in [0.3, 0.4) is 0 Å². The molecule has 0 bridgehead atoms. The number of thiophene rings is 1. The number of hydrogen-bond acceptors (Lipinski definition) is 3. The van der Waals surface area contributed by atoms with Gasteiger partial charge < -0.3 is 10.6 Å². The first kappa shape index (κ1) is 15.3. The summed E-state index contributed by atoms with van der Waals surface area (Å²) in [6, 6.07) is 9.92. The fourth-order valence-corrected chi connectivity index (χ4v) is 2.74. The summed E-state index contributed by atoms with van der Waals surface area (Å²) in [5, 5.41) is 1.84. The first-order valence-electron chi connectivity index (χ1n) is 6.69. The van der Waals surface area contributed by atoms with Gasteiger partial charge in [0.1, 0.15) is 0 Å². The van der Waals surface area contributed by atoms with Gasteiger partial charge in [-0.1, -0.05) is 36.1 Å². The maximum Gasteiger partial charge on any atom is 0.254 e. The average molecular weight is 298 g/mol. The van der Waals surface area contributed by atoms with Gasteiger partial charge >= 0.3 is 0 Å². The Balaban J connectivity index is 2.09. The quantitative estimate of drug-likeness (QED) is 0.886. The van der Waals surface area contributed by atoms with Crippen molar-refractivity contribution < 1.29 is 4.79 Å². The van der Waals surface area contributed by atoms with Gasteiger partial charge in [-0.05, 0) is 24.1 Å². The Labute approximate surface area is 129 Å². The van der Waals surface area contributed by atoms with E-state index >= 15 is 0 Å². The van der Waals surface area contributed by atoms with Crippen molar-refractivity contribution in [2.24, 2.45) is 5.73 Å². The molecule has 21 heavy (non-hydrogen) atoms. The molecule has 0 saturated carbocycles. The predicted octanol–water partition coefficient (Wildman–Crippen LogP) is 2.64. The van der Waals surface area contributed by atoms with Gasteiger partial charge in [-0.25, -0.2) is 0 Å². The number of carbonyl (C=O) groups excluding carboxylic acids is 1. The van der Waals surface area contributed by atoms with E-state index < -0.39 is 0 Å². The van der Waals surface area contributed by atoms with Crippen LogP contribution in [0.5, 0.6) is 0 Å². The lowest BCUT2D eigenvalue weighted by Gasteiger charge is -2.17. The lowest BCUT2D eigenvalue weighted by atomic mass is 10.1. The SMILES string of the molecule is Cc1ccccc1CN(C)C(=O)c1csc(C#CCN)c1. The molecule has 1 heterocycles. The molecular weight excluding hydrogens is 280 g/mol. The molecule has 0 atom stereocenters. The molecule has 0 aliphatic rings. The summed E-state index contributed by atoms with van der Waals surface area (Å²) in [7, 11) is 1.82. The molecule has 0 fully saturated rings. The number of amides is 1. The van der Waals surface area contributed by atoms with E-state index in [-0.39, 0.29) is 5.91 Å². The summed E-state index contributed by atoms with van der Waals surface area (Å²) < 4.78 is 0. The third-order valence-corrected chi connectivity index (χ3v) is 4.02. The summed E-state index contributed by atoms with van der Waals surface area (Å²) in [4.78, 5) is 15.0. The second-order valence-corrected chi connectivity index (χ2v) is 5.70. The third-order valence-electron chi connectivity index (χ3n) is 3.18. The van der Waals surface area contributed by atoms with Crippen LogP contribution >= 0.6 is 11.3 Å². The Morgan fingerprint density at radius 1 is 1.38 bits per heavy atom. The van der Waals surface area contributed by atoms with E-state index in [0.29, 0.717) is 18.7 Å². The smallest absolute Gasteiger partial charge is 0.254 e.